The Kier molecular flexibility index (Phi) is 7.44. The number of rotatable bonds is 8. The van der Waals surface area contributed by atoms with Crippen molar-refractivity contribution in [1.82, 2.24) is 10.0 Å². The highest BCUT2D eigenvalue weighted by Gasteiger charge is 2.42. The molecule has 0 saturated heterocycles. The highest BCUT2D eigenvalue weighted by Crippen LogP contribution is 2.27. The first-order valence-electron chi connectivity index (χ1n) is 12.3. The van der Waals surface area contributed by atoms with Crippen LogP contribution >= 0.6 is 11.6 Å². The molecule has 206 valence electrons. The molecule has 3 amide bonds. The summed E-state index contributed by atoms with van der Waals surface area (Å²) in [5.74, 6) is -3.02. The summed E-state index contributed by atoms with van der Waals surface area (Å²) >= 11 is 6.22. The number of imide groups is 1. The van der Waals surface area contributed by atoms with Gasteiger partial charge in [-0.15, -0.1) is 0 Å². The van der Waals surface area contributed by atoms with Crippen molar-refractivity contribution >= 4 is 45.2 Å². The lowest BCUT2D eigenvalue weighted by Gasteiger charge is -2.29. The lowest BCUT2D eigenvalue weighted by Crippen LogP contribution is -2.51. The first-order chi connectivity index (χ1) is 19.6. The van der Waals surface area contributed by atoms with E-state index in [4.69, 9.17) is 15.8 Å². The fourth-order valence-electron chi connectivity index (χ4n) is 4.21. The van der Waals surface area contributed by atoms with Crippen LogP contribution < -0.4 is 4.18 Å². The van der Waals surface area contributed by atoms with Gasteiger partial charge in [0.05, 0.1) is 21.7 Å². The summed E-state index contributed by atoms with van der Waals surface area (Å²) in [5, 5.41) is 1.48. The highest BCUT2D eigenvalue weighted by atomic mass is 35.5. The van der Waals surface area contributed by atoms with Gasteiger partial charge in [-0.05, 0) is 67.6 Å². The molecule has 1 aliphatic heterocycles. The molecule has 0 unspecified atom stereocenters. The molecule has 0 radical (unpaired) electrons. The van der Waals surface area contributed by atoms with Crippen molar-refractivity contribution in [1.29, 1.82) is 0 Å². The smallest absolute Gasteiger partial charge is 0.339 e. The number of halogens is 1. The predicted octanol–water partition coefficient (Wildman–Crippen LogP) is 4.95. The first-order valence-corrected chi connectivity index (χ1v) is 14.0. The number of nitrogens with zero attached hydrogens (tertiary/aromatic N) is 2. The van der Waals surface area contributed by atoms with Crippen LogP contribution in [0.25, 0.3) is 0 Å². The number of hydrogen-bond acceptors (Lipinski definition) is 7. The molecule has 0 N–H and O–H groups in total. The van der Waals surface area contributed by atoms with Gasteiger partial charge in [-0.2, -0.15) is 13.4 Å². The number of ketones is 1. The summed E-state index contributed by atoms with van der Waals surface area (Å²) in [5.41, 5.74) is 1.15. The van der Waals surface area contributed by atoms with Crippen molar-refractivity contribution in [2.45, 2.75) is 11.8 Å². The van der Waals surface area contributed by atoms with E-state index < -0.39 is 40.2 Å². The monoisotopic (exact) mass is 588 g/mol. The van der Waals surface area contributed by atoms with Gasteiger partial charge in [-0.3, -0.25) is 19.2 Å². The fourth-order valence-corrected chi connectivity index (χ4v) is 5.35. The first kappa shape index (κ1) is 27.8. The summed E-state index contributed by atoms with van der Waals surface area (Å²) in [6, 6.07) is 23.5. The maximum absolute atomic E-state index is 13.6. The maximum atomic E-state index is 13.6. The molecule has 0 atom stereocenters. The molecule has 9 nitrogen and oxygen atoms in total. The van der Waals surface area contributed by atoms with E-state index in [1.807, 2.05) is 6.92 Å². The van der Waals surface area contributed by atoms with Crippen LogP contribution in [0.1, 0.15) is 47.0 Å². The van der Waals surface area contributed by atoms with Crippen LogP contribution in [0.5, 0.6) is 5.75 Å². The Bertz CT molecular complexity index is 1770. The quantitative estimate of drug-likeness (QED) is 0.162. The SMILES string of the molecule is Cc1ccc(S(=O)(=O)Oc2ccc(C(=O)CN(C(=O)c3ccccc3Cl)N3C(=O)c4ccccc4C3=O)cc2)cc1. The number of carbonyl (C=O) groups is 4. The van der Waals surface area contributed by atoms with Gasteiger partial charge in [0, 0.05) is 5.56 Å². The van der Waals surface area contributed by atoms with Crippen molar-refractivity contribution in [2.24, 2.45) is 0 Å². The van der Waals surface area contributed by atoms with Crippen molar-refractivity contribution < 1.29 is 31.8 Å². The number of carbonyl (C=O) groups excluding carboxylic acids is 4. The average Bonchev–Trinajstić information content (AvgIpc) is 3.21. The van der Waals surface area contributed by atoms with Gasteiger partial charge in [0.25, 0.3) is 17.7 Å². The molecular weight excluding hydrogens is 568 g/mol. The van der Waals surface area contributed by atoms with Gasteiger partial charge in [0.2, 0.25) is 0 Å². The van der Waals surface area contributed by atoms with Crippen LogP contribution in [0.4, 0.5) is 0 Å². The molecule has 0 spiro atoms. The number of Topliss-reactive ketones (excluding diaryl/α,β-unsaturated/α-hetero) is 1. The Morgan fingerprint density at radius 1 is 0.805 bits per heavy atom. The lowest BCUT2D eigenvalue weighted by atomic mass is 10.1. The van der Waals surface area contributed by atoms with E-state index in [9.17, 15) is 27.6 Å². The Morgan fingerprint density at radius 2 is 1.37 bits per heavy atom. The van der Waals surface area contributed by atoms with Gasteiger partial charge >= 0.3 is 10.1 Å². The third kappa shape index (κ3) is 5.47. The van der Waals surface area contributed by atoms with Gasteiger partial charge < -0.3 is 4.18 Å². The van der Waals surface area contributed by atoms with Crippen molar-refractivity contribution in [3.05, 3.63) is 130 Å². The van der Waals surface area contributed by atoms with E-state index in [1.54, 1.807) is 36.4 Å². The summed E-state index contributed by atoms with van der Waals surface area (Å²) in [6.45, 7) is 1.14. The molecule has 4 aromatic carbocycles. The number of benzene rings is 4. The van der Waals surface area contributed by atoms with Crippen LogP contribution in [-0.2, 0) is 10.1 Å². The molecule has 1 aliphatic rings. The molecular formula is C30H21ClN2O7S. The van der Waals surface area contributed by atoms with Crippen LogP contribution in [0.3, 0.4) is 0 Å². The predicted molar refractivity (Wildman–Crippen MR) is 149 cm³/mol. The topological polar surface area (TPSA) is 118 Å². The van der Waals surface area contributed by atoms with Crippen molar-refractivity contribution in [3.63, 3.8) is 0 Å². The third-order valence-electron chi connectivity index (χ3n) is 6.34. The van der Waals surface area contributed by atoms with E-state index in [0.717, 1.165) is 10.6 Å². The molecule has 5 rings (SSSR count). The zero-order chi connectivity index (χ0) is 29.3. The minimum atomic E-state index is -4.11. The molecule has 0 fully saturated rings. The summed E-state index contributed by atoms with van der Waals surface area (Å²) in [4.78, 5) is 53.3. The summed E-state index contributed by atoms with van der Waals surface area (Å²) in [7, 11) is -4.11. The lowest BCUT2D eigenvalue weighted by molar-refractivity contribution is 0.00532. The number of fused-ring (bicyclic) bond motifs is 1. The van der Waals surface area contributed by atoms with E-state index in [1.165, 1.54) is 60.7 Å². The standard InChI is InChI=1S/C30H21ClN2O7S/c1-19-10-16-22(17-11-19)41(38,39)40-21-14-12-20(13-15-21)27(34)18-32(28(35)25-8-4-5-9-26(25)31)33-29(36)23-6-2-3-7-24(23)30(33)37/h2-17H,18H2,1H3. The Morgan fingerprint density at radius 3 is 1.95 bits per heavy atom. The minimum absolute atomic E-state index is 0.0106. The number of aryl methyl sites for hydroxylation is 1. The molecule has 4 aromatic rings. The second kappa shape index (κ2) is 11.0. The normalized spacial score (nSPS) is 12.7. The average molecular weight is 589 g/mol. The van der Waals surface area contributed by atoms with Crippen LogP contribution in [0.2, 0.25) is 5.02 Å². The van der Waals surface area contributed by atoms with Gasteiger partial charge in [0.1, 0.15) is 17.2 Å². The Hall–Kier alpha value is -4.80. The van der Waals surface area contributed by atoms with E-state index >= 15 is 0 Å². The molecule has 0 aromatic heterocycles. The number of hydrazine groups is 1. The molecule has 0 bridgehead atoms. The van der Waals surface area contributed by atoms with Crippen molar-refractivity contribution in [3.8, 4) is 5.75 Å². The Labute approximate surface area is 240 Å². The van der Waals surface area contributed by atoms with E-state index in [-0.39, 0.29) is 37.9 Å². The van der Waals surface area contributed by atoms with Gasteiger partial charge in [-0.25, -0.2) is 5.01 Å². The second-order valence-electron chi connectivity index (χ2n) is 9.11. The number of hydrogen-bond donors (Lipinski definition) is 0. The minimum Gasteiger partial charge on any atom is -0.379 e. The molecule has 0 saturated carbocycles. The van der Waals surface area contributed by atoms with E-state index in [2.05, 4.69) is 0 Å². The van der Waals surface area contributed by atoms with Crippen LogP contribution in [0.15, 0.2) is 102 Å². The summed E-state index contributed by atoms with van der Waals surface area (Å²) < 4.78 is 30.4. The van der Waals surface area contributed by atoms with Crippen LogP contribution in [-0.4, -0.2) is 48.5 Å². The fraction of sp³-hybridized carbons (Fsp3) is 0.0667. The van der Waals surface area contributed by atoms with Gasteiger partial charge in [-0.1, -0.05) is 53.6 Å². The molecule has 1 heterocycles. The zero-order valence-corrected chi connectivity index (χ0v) is 23.1. The molecule has 41 heavy (non-hydrogen) atoms. The van der Waals surface area contributed by atoms with Crippen molar-refractivity contribution in [2.75, 3.05) is 6.54 Å². The third-order valence-corrected chi connectivity index (χ3v) is 7.93. The van der Waals surface area contributed by atoms with E-state index in [0.29, 0.717) is 5.01 Å². The second-order valence-corrected chi connectivity index (χ2v) is 11.1. The number of amides is 3. The highest BCUT2D eigenvalue weighted by molar-refractivity contribution is 7.87. The Balaban J connectivity index is 1.41. The maximum Gasteiger partial charge on any atom is 0.339 e. The molecule has 0 aliphatic carbocycles. The van der Waals surface area contributed by atoms with Crippen LogP contribution in [0, 0.1) is 6.92 Å². The summed E-state index contributed by atoms with van der Waals surface area (Å²) in [6.07, 6.45) is 0. The van der Waals surface area contributed by atoms with Gasteiger partial charge in [0.15, 0.2) is 5.78 Å². The molecule has 11 heteroatoms. The largest absolute Gasteiger partial charge is 0.379 e. The zero-order valence-electron chi connectivity index (χ0n) is 21.5.